The molecular formula is C11H19NO4. The van der Waals surface area contributed by atoms with Gasteiger partial charge in [0.2, 0.25) is 5.91 Å². The van der Waals surface area contributed by atoms with Gasteiger partial charge in [0.15, 0.2) is 0 Å². The predicted molar refractivity (Wildman–Crippen MR) is 58.0 cm³/mol. The first-order valence-electron chi connectivity index (χ1n) is 5.73. The lowest BCUT2D eigenvalue weighted by atomic mass is 10.0. The Balaban J connectivity index is 2.39. The Hall–Kier alpha value is -1.10. The molecule has 16 heavy (non-hydrogen) atoms. The highest BCUT2D eigenvalue weighted by atomic mass is 16.5. The summed E-state index contributed by atoms with van der Waals surface area (Å²) in [6.07, 6.45) is 2.29. The van der Waals surface area contributed by atoms with Gasteiger partial charge < -0.3 is 15.2 Å². The van der Waals surface area contributed by atoms with Crippen LogP contribution in [-0.4, -0.2) is 36.2 Å². The molecule has 5 heteroatoms. The van der Waals surface area contributed by atoms with Gasteiger partial charge in [-0.05, 0) is 12.8 Å². The van der Waals surface area contributed by atoms with Crippen LogP contribution in [0.15, 0.2) is 0 Å². The molecule has 0 aromatic rings. The Morgan fingerprint density at radius 2 is 2.31 bits per heavy atom. The van der Waals surface area contributed by atoms with E-state index in [2.05, 4.69) is 5.32 Å². The Morgan fingerprint density at radius 1 is 1.56 bits per heavy atom. The van der Waals surface area contributed by atoms with E-state index < -0.39 is 5.97 Å². The van der Waals surface area contributed by atoms with E-state index in [1.165, 1.54) is 0 Å². The van der Waals surface area contributed by atoms with Crippen LogP contribution in [0.2, 0.25) is 0 Å². The van der Waals surface area contributed by atoms with Gasteiger partial charge in [0.05, 0.1) is 18.9 Å². The van der Waals surface area contributed by atoms with Crippen LogP contribution in [0.5, 0.6) is 0 Å². The summed E-state index contributed by atoms with van der Waals surface area (Å²) < 4.78 is 5.12. The lowest BCUT2D eigenvalue weighted by Crippen LogP contribution is -2.40. The first-order chi connectivity index (χ1) is 7.63. The molecule has 0 spiro atoms. The summed E-state index contributed by atoms with van der Waals surface area (Å²) >= 11 is 0. The number of carbonyl (C=O) groups excluding carboxylic acids is 1. The number of nitrogens with one attached hydrogen (secondary N) is 1. The SMILES string of the molecule is CCCC(CC(=O)O)NC(=O)C1CCOC1. The van der Waals surface area contributed by atoms with Crippen molar-refractivity contribution in [1.29, 1.82) is 0 Å². The summed E-state index contributed by atoms with van der Waals surface area (Å²) in [6.45, 7) is 3.05. The van der Waals surface area contributed by atoms with Gasteiger partial charge in [0.25, 0.3) is 0 Å². The number of rotatable bonds is 6. The third-order valence-electron chi connectivity index (χ3n) is 2.71. The number of hydrogen-bond donors (Lipinski definition) is 2. The van der Waals surface area contributed by atoms with E-state index in [1.807, 2.05) is 6.92 Å². The molecule has 1 aliphatic rings. The average molecular weight is 229 g/mol. The normalized spacial score (nSPS) is 21.7. The number of carboxylic acids is 1. The molecule has 0 aromatic heterocycles. The molecule has 1 aliphatic heterocycles. The zero-order valence-electron chi connectivity index (χ0n) is 9.57. The maximum absolute atomic E-state index is 11.7. The van der Waals surface area contributed by atoms with Crippen LogP contribution in [0.4, 0.5) is 0 Å². The molecular weight excluding hydrogens is 210 g/mol. The Morgan fingerprint density at radius 3 is 2.81 bits per heavy atom. The van der Waals surface area contributed by atoms with Gasteiger partial charge in [-0.25, -0.2) is 0 Å². The largest absolute Gasteiger partial charge is 0.481 e. The highest BCUT2D eigenvalue weighted by molar-refractivity contribution is 5.80. The molecule has 1 amide bonds. The van der Waals surface area contributed by atoms with E-state index in [9.17, 15) is 9.59 Å². The second kappa shape index (κ2) is 6.48. The van der Waals surface area contributed by atoms with E-state index in [-0.39, 0.29) is 24.3 Å². The third-order valence-corrected chi connectivity index (χ3v) is 2.71. The zero-order valence-corrected chi connectivity index (χ0v) is 9.57. The number of aliphatic carboxylic acids is 1. The molecule has 2 N–H and O–H groups in total. The fraction of sp³-hybridized carbons (Fsp3) is 0.818. The van der Waals surface area contributed by atoms with Crippen molar-refractivity contribution >= 4 is 11.9 Å². The van der Waals surface area contributed by atoms with Crippen LogP contribution in [0.3, 0.4) is 0 Å². The zero-order chi connectivity index (χ0) is 12.0. The summed E-state index contributed by atoms with van der Waals surface area (Å²) in [5.41, 5.74) is 0. The van der Waals surface area contributed by atoms with Crippen molar-refractivity contribution in [2.45, 2.75) is 38.6 Å². The minimum absolute atomic E-state index is 0.00679. The minimum Gasteiger partial charge on any atom is -0.481 e. The fourth-order valence-corrected chi connectivity index (χ4v) is 1.84. The highest BCUT2D eigenvalue weighted by Gasteiger charge is 2.25. The molecule has 2 atom stereocenters. The second-order valence-corrected chi connectivity index (χ2v) is 4.15. The Bertz CT molecular complexity index is 248. The van der Waals surface area contributed by atoms with Crippen LogP contribution >= 0.6 is 0 Å². The van der Waals surface area contributed by atoms with E-state index >= 15 is 0 Å². The fourth-order valence-electron chi connectivity index (χ4n) is 1.84. The van der Waals surface area contributed by atoms with Gasteiger partial charge in [0.1, 0.15) is 0 Å². The van der Waals surface area contributed by atoms with E-state index in [1.54, 1.807) is 0 Å². The predicted octanol–water partition coefficient (Wildman–Crippen LogP) is 0.782. The van der Waals surface area contributed by atoms with Crippen molar-refractivity contribution in [3.8, 4) is 0 Å². The standard InChI is InChI=1S/C11H19NO4/c1-2-3-9(6-10(13)14)12-11(15)8-4-5-16-7-8/h8-9H,2-7H2,1H3,(H,12,15)(H,13,14). The van der Waals surface area contributed by atoms with Crippen molar-refractivity contribution < 1.29 is 19.4 Å². The van der Waals surface area contributed by atoms with Crippen LogP contribution in [0.1, 0.15) is 32.6 Å². The molecule has 1 fully saturated rings. The van der Waals surface area contributed by atoms with Crippen molar-refractivity contribution in [2.75, 3.05) is 13.2 Å². The van der Waals surface area contributed by atoms with Crippen LogP contribution < -0.4 is 5.32 Å². The lowest BCUT2D eigenvalue weighted by Gasteiger charge is -2.18. The number of hydrogen-bond acceptors (Lipinski definition) is 3. The summed E-state index contributed by atoms with van der Waals surface area (Å²) in [7, 11) is 0. The quantitative estimate of drug-likeness (QED) is 0.705. The smallest absolute Gasteiger partial charge is 0.305 e. The minimum atomic E-state index is -0.874. The second-order valence-electron chi connectivity index (χ2n) is 4.15. The number of carbonyl (C=O) groups is 2. The van der Waals surface area contributed by atoms with Crippen molar-refractivity contribution in [3.05, 3.63) is 0 Å². The number of carboxylic acid groups (broad SMARTS) is 1. The average Bonchev–Trinajstić information content (AvgIpc) is 2.69. The van der Waals surface area contributed by atoms with E-state index in [0.29, 0.717) is 19.6 Å². The van der Waals surface area contributed by atoms with Gasteiger partial charge in [0, 0.05) is 12.6 Å². The molecule has 1 rings (SSSR count). The van der Waals surface area contributed by atoms with Crippen LogP contribution in [0.25, 0.3) is 0 Å². The number of amides is 1. The number of ether oxygens (including phenoxy) is 1. The summed E-state index contributed by atoms with van der Waals surface area (Å²) in [5, 5.41) is 11.5. The van der Waals surface area contributed by atoms with Gasteiger partial charge in [-0.15, -0.1) is 0 Å². The Labute approximate surface area is 95.2 Å². The first kappa shape index (κ1) is 13.0. The van der Waals surface area contributed by atoms with Crippen molar-refractivity contribution in [2.24, 2.45) is 5.92 Å². The first-order valence-corrected chi connectivity index (χ1v) is 5.73. The van der Waals surface area contributed by atoms with Crippen molar-refractivity contribution in [3.63, 3.8) is 0 Å². The van der Waals surface area contributed by atoms with Crippen LogP contribution in [0, 0.1) is 5.92 Å². The van der Waals surface area contributed by atoms with E-state index in [4.69, 9.17) is 9.84 Å². The van der Waals surface area contributed by atoms with E-state index in [0.717, 1.165) is 12.8 Å². The molecule has 0 radical (unpaired) electrons. The van der Waals surface area contributed by atoms with Gasteiger partial charge in [-0.3, -0.25) is 9.59 Å². The molecule has 0 saturated carbocycles. The maximum atomic E-state index is 11.7. The summed E-state index contributed by atoms with van der Waals surface area (Å²) in [6, 6.07) is -0.254. The third kappa shape index (κ3) is 4.18. The molecule has 0 aliphatic carbocycles. The maximum Gasteiger partial charge on any atom is 0.305 e. The summed E-state index contributed by atoms with van der Waals surface area (Å²) in [5.74, 6) is -1.05. The molecule has 1 saturated heterocycles. The highest BCUT2D eigenvalue weighted by Crippen LogP contribution is 2.13. The van der Waals surface area contributed by atoms with Gasteiger partial charge in [-0.1, -0.05) is 13.3 Å². The van der Waals surface area contributed by atoms with Gasteiger partial charge in [-0.2, -0.15) is 0 Å². The molecule has 0 bridgehead atoms. The van der Waals surface area contributed by atoms with Crippen molar-refractivity contribution in [1.82, 2.24) is 5.32 Å². The summed E-state index contributed by atoms with van der Waals surface area (Å²) in [4.78, 5) is 22.3. The molecule has 0 aromatic carbocycles. The molecule has 92 valence electrons. The Kier molecular flexibility index (Phi) is 5.25. The molecule has 1 heterocycles. The lowest BCUT2D eigenvalue weighted by molar-refractivity contribution is -0.137. The molecule has 2 unspecified atom stereocenters. The molecule has 5 nitrogen and oxygen atoms in total. The topological polar surface area (TPSA) is 75.6 Å². The van der Waals surface area contributed by atoms with Gasteiger partial charge >= 0.3 is 5.97 Å². The monoisotopic (exact) mass is 229 g/mol. The van der Waals surface area contributed by atoms with Crippen LogP contribution in [-0.2, 0) is 14.3 Å².